The summed E-state index contributed by atoms with van der Waals surface area (Å²) in [6.07, 6.45) is 5.39. The Morgan fingerprint density at radius 2 is 2.00 bits per heavy atom. The minimum atomic E-state index is -0.400. The van der Waals surface area contributed by atoms with Gasteiger partial charge in [-0.05, 0) is 24.4 Å². The van der Waals surface area contributed by atoms with Gasteiger partial charge < -0.3 is 11.1 Å². The molecule has 0 aromatic carbocycles. The second-order valence-electron chi connectivity index (χ2n) is 4.99. The average Bonchev–Trinajstić information content (AvgIpc) is 2.27. The standard InChI is InChI=1S/C12H16Cl2N4O/c13-8-6-9(18-11(14)16-8)17-10(19)7-12(15)4-2-1-3-5-12/h6H,1-5,7,15H2,(H,16,17,18,19). The van der Waals surface area contributed by atoms with Crippen LogP contribution in [0.5, 0.6) is 0 Å². The largest absolute Gasteiger partial charge is 0.325 e. The van der Waals surface area contributed by atoms with Crippen LogP contribution in [0.1, 0.15) is 38.5 Å². The average molecular weight is 303 g/mol. The summed E-state index contributed by atoms with van der Waals surface area (Å²) in [5, 5.41) is 2.85. The summed E-state index contributed by atoms with van der Waals surface area (Å²) in [5.74, 6) is 0.129. The van der Waals surface area contributed by atoms with Crippen LogP contribution >= 0.6 is 23.2 Å². The van der Waals surface area contributed by atoms with E-state index in [0.717, 1.165) is 25.7 Å². The Labute approximate surface area is 121 Å². The Morgan fingerprint density at radius 3 is 2.63 bits per heavy atom. The van der Waals surface area contributed by atoms with E-state index < -0.39 is 5.54 Å². The molecule has 104 valence electrons. The van der Waals surface area contributed by atoms with Crippen molar-refractivity contribution in [1.29, 1.82) is 0 Å². The predicted molar refractivity (Wildman–Crippen MR) is 75.3 cm³/mol. The van der Waals surface area contributed by atoms with Gasteiger partial charge >= 0.3 is 0 Å². The van der Waals surface area contributed by atoms with Gasteiger partial charge in [0.2, 0.25) is 11.2 Å². The topological polar surface area (TPSA) is 80.9 Å². The van der Waals surface area contributed by atoms with Crippen molar-refractivity contribution in [2.75, 3.05) is 5.32 Å². The summed E-state index contributed by atoms with van der Waals surface area (Å²) >= 11 is 11.4. The van der Waals surface area contributed by atoms with Crippen molar-refractivity contribution in [2.45, 2.75) is 44.1 Å². The zero-order valence-corrected chi connectivity index (χ0v) is 12.0. The summed E-state index contributed by atoms with van der Waals surface area (Å²) in [5.41, 5.74) is 5.83. The Bertz CT molecular complexity index is 455. The fraction of sp³-hybridized carbons (Fsp3) is 0.583. The molecule has 0 spiro atoms. The Kier molecular flexibility index (Phi) is 4.60. The third-order valence-electron chi connectivity index (χ3n) is 3.30. The maximum Gasteiger partial charge on any atom is 0.227 e. The molecule has 1 aliphatic carbocycles. The number of carbonyl (C=O) groups excluding carboxylic acids is 1. The number of halogens is 2. The third-order valence-corrected chi connectivity index (χ3v) is 3.66. The zero-order chi connectivity index (χ0) is 13.9. The van der Waals surface area contributed by atoms with Crippen molar-refractivity contribution < 1.29 is 4.79 Å². The van der Waals surface area contributed by atoms with Gasteiger partial charge in [-0.1, -0.05) is 30.9 Å². The lowest BCUT2D eigenvalue weighted by molar-refractivity contribution is -0.117. The summed E-state index contributed by atoms with van der Waals surface area (Å²) in [6, 6.07) is 1.45. The highest BCUT2D eigenvalue weighted by Crippen LogP contribution is 2.29. The lowest BCUT2D eigenvalue weighted by atomic mass is 9.80. The number of carbonyl (C=O) groups is 1. The smallest absolute Gasteiger partial charge is 0.227 e. The van der Waals surface area contributed by atoms with E-state index in [9.17, 15) is 4.79 Å². The normalized spacial score (nSPS) is 18.1. The first-order valence-corrected chi connectivity index (χ1v) is 7.01. The van der Waals surface area contributed by atoms with E-state index in [4.69, 9.17) is 28.9 Å². The van der Waals surface area contributed by atoms with Crippen molar-refractivity contribution in [3.63, 3.8) is 0 Å². The van der Waals surface area contributed by atoms with E-state index in [1.54, 1.807) is 0 Å². The summed E-state index contributed by atoms with van der Waals surface area (Å²) in [7, 11) is 0. The highest BCUT2D eigenvalue weighted by molar-refractivity contribution is 6.32. The molecule has 0 unspecified atom stereocenters. The van der Waals surface area contributed by atoms with Crippen molar-refractivity contribution >= 4 is 34.9 Å². The first-order valence-electron chi connectivity index (χ1n) is 6.26. The number of nitrogens with zero attached hydrogens (tertiary/aromatic N) is 2. The molecule has 1 heterocycles. The van der Waals surface area contributed by atoms with Gasteiger partial charge in [0.1, 0.15) is 11.0 Å². The highest BCUT2D eigenvalue weighted by Gasteiger charge is 2.30. The first-order chi connectivity index (χ1) is 8.97. The van der Waals surface area contributed by atoms with Crippen molar-refractivity contribution in [2.24, 2.45) is 5.73 Å². The molecule has 5 nitrogen and oxygen atoms in total. The number of nitrogens with one attached hydrogen (secondary N) is 1. The van der Waals surface area contributed by atoms with Crippen LogP contribution in [0.4, 0.5) is 5.82 Å². The van der Waals surface area contributed by atoms with Gasteiger partial charge in [0, 0.05) is 18.0 Å². The zero-order valence-electron chi connectivity index (χ0n) is 10.5. The Balaban J connectivity index is 1.97. The number of amides is 1. The van der Waals surface area contributed by atoms with Crippen molar-refractivity contribution in [3.8, 4) is 0 Å². The minimum absolute atomic E-state index is 0.00271. The van der Waals surface area contributed by atoms with Crippen LogP contribution in [-0.2, 0) is 4.79 Å². The van der Waals surface area contributed by atoms with Crippen LogP contribution in [0, 0.1) is 0 Å². The second kappa shape index (κ2) is 6.03. The number of rotatable bonds is 3. The number of hydrogen-bond donors (Lipinski definition) is 2. The molecule has 0 radical (unpaired) electrons. The van der Waals surface area contributed by atoms with E-state index in [-0.39, 0.29) is 22.8 Å². The number of nitrogens with two attached hydrogens (primary N) is 1. The predicted octanol–water partition coefficient (Wildman–Crippen LogP) is 2.77. The van der Waals surface area contributed by atoms with Crippen LogP contribution < -0.4 is 11.1 Å². The quantitative estimate of drug-likeness (QED) is 0.664. The molecule has 0 atom stereocenters. The lowest BCUT2D eigenvalue weighted by Gasteiger charge is -2.32. The van der Waals surface area contributed by atoms with E-state index in [1.165, 1.54) is 12.5 Å². The fourth-order valence-corrected chi connectivity index (χ4v) is 2.80. The molecule has 1 saturated carbocycles. The van der Waals surface area contributed by atoms with E-state index in [1.807, 2.05) is 0 Å². The molecule has 2 rings (SSSR count). The second-order valence-corrected chi connectivity index (χ2v) is 5.72. The number of aromatic nitrogens is 2. The lowest BCUT2D eigenvalue weighted by Crippen LogP contribution is -2.44. The molecule has 0 bridgehead atoms. The van der Waals surface area contributed by atoms with Crippen LogP contribution in [-0.4, -0.2) is 21.4 Å². The summed E-state index contributed by atoms with van der Waals surface area (Å²) in [6.45, 7) is 0. The summed E-state index contributed by atoms with van der Waals surface area (Å²) < 4.78 is 0. The third kappa shape index (κ3) is 4.30. The van der Waals surface area contributed by atoms with E-state index in [2.05, 4.69) is 15.3 Å². The molecule has 1 fully saturated rings. The van der Waals surface area contributed by atoms with Crippen molar-refractivity contribution in [3.05, 3.63) is 16.5 Å². The van der Waals surface area contributed by atoms with Crippen LogP contribution in [0.3, 0.4) is 0 Å². The molecule has 3 N–H and O–H groups in total. The Morgan fingerprint density at radius 1 is 1.32 bits per heavy atom. The number of hydrogen-bond acceptors (Lipinski definition) is 4. The van der Waals surface area contributed by atoms with Gasteiger partial charge in [-0.3, -0.25) is 4.79 Å². The SMILES string of the molecule is NC1(CC(=O)Nc2cc(Cl)nc(Cl)n2)CCCCC1. The molecule has 1 aromatic rings. The summed E-state index contributed by atoms with van der Waals surface area (Å²) in [4.78, 5) is 19.6. The molecule has 0 aliphatic heterocycles. The first kappa shape index (κ1) is 14.5. The highest BCUT2D eigenvalue weighted by atomic mass is 35.5. The van der Waals surface area contributed by atoms with Crippen LogP contribution in [0.25, 0.3) is 0 Å². The molecular formula is C12H16Cl2N4O. The monoisotopic (exact) mass is 302 g/mol. The van der Waals surface area contributed by atoms with Gasteiger partial charge in [-0.15, -0.1) is 0 Å². The molecule has 0 saturated heterocycles. The van der Waals surface area contributed by atoms with Gasteiger partial charge in [-0.2, -0.15) is 0 Å². The van der Waals surface area contributed by atoms with Gasteiger partial charge in [0.05, 0.1) is 0 Å². The van der Waals surface area contributed by atoms with Crippen molar-refractivity contribution in [1.82, 2.24) is 9.97 Å². The molecular weight excluding hydrogens is 287 g/mol. The molecule has 19 heavy (non-hydrogen) atoms. The van der Waals surface area contributed by atoms with E-state index in [0.29, 0.717) is 5.82 Å². The molecule has 1 aliphatic rings. The minimum Gasteiger partial charge on any atom is -0.325 e. The van der Waals surface area contributed by atoms with Crippen LogP contribution in [0.15, 0.2) is 6.07 Å². The van der Waals surface area contributed by atoms with Gasteiger partial charge in [0.25, 0.3) is 0 Å². The maximum atomic E-state index is 12.0. The maximum absolute atomic E-state index is 12.0. The molecule has 7 heteroatoms. The molecule has 1 aromatic heterocycles. The van der Waals surface area contributed by atoms with E-state index >= 15 is 0 Å². The van der Waals surface area contributed by atoms with Gasteiger partial charge in [0.15, 0.2) is 0 Å². The van der Waals surface area contributed by atoms with Gasteiger partial charge in [-0.25, -0.2) is 9.97 Å². The number of anilines is 1. The Hall–Kier alpha value is -0.910. The molecule has 1 amide bonds. The van der Waals surface area contributed by atoms with Crippen LogP contribution in [0.2, 0.25) is 10.4 Å². The fourth-order valence-electron chi connectivity index (χ4n) is 2.39.